The van der Waals surface area contributed by atoms with Crippen LogP contribution in [0.15, 0.2) is 18.2 Å². The van der Waals surface area contributed by atoms with Crippen molar-refractivity contribution < 1.29 is 116 Å². The third-order valence-electron chi connectivity index (χ3n) is 5.76. The Bertz CT molecular complexity index is 680. The number of rotatable bonds is 4. The molecule has 0 saturated heterocycles. The van der Waals surface area contributed by atoms with Crippen molar-refractivity contribution in [2.75, 3.05) is 13.1 Å². The maximum Gasteiger partial charge on any atom is 0.234 e. The Hall–Kier alpha value is -1.35. The summed E-state index contributed by atoms with van der Waals surface area (Å²) < 4.78 is 0. The number of amides is 1. The number of hydrogen-bond acceptors (Lipinski definition) is 2. The zero-order chi connectivity index (χ0) is 17.6. The molecule has 2 N–H and O–H groups in total. The predicted octanol–water partition coefficient (Wildman–Crippen LogP) is 22.6. The zero-order valence-corrected chi connectivity index (χ0v) is 15.7. The highest BCUT2D eigenvalue weighted by Gasteiger charge is 2.68. The molecule has 0 heterocycles. The zero-order valence-electron chi connectivity index (χ0n) is 15.7. The third-order valence-corrected chi connectivity index (χ3v) is 5.76. The van der Waals surface area contributed by atoms with E-state index in [-0.39, 0.29) is 129 Å². The molecular weight excluding hydrogens is 284 g/mol. The first-order valence-corrected chi connectivity index (χ1v) is 8.72. The van der Waals surface area contributed by atoms with Gasteiger partial charge in [0.25, 0.3) is 0 Å². The van der Waals surface area contributed by atoms with Crippen LogP contribution in [0, 0.1) is 25.7 Å². The molecule has 0 aromatic heterocycles. The Kier molecular flexibility index (Phi) is 4.64. The van der Waals surface area contributed by atoms with E-state index >= 15 is 0 Å². The molecule has 1 aromatic carbocycles. The first-order valence-electron chi connectivity index (χ1n) is 8.72. The second-order valence-electron chi connectivity index (χ2n) is 8.02. The Morgan fingerprint density at radius 1 is 1.30 bits per heavy atom. The van der Waals surface area contributed by atoms with Crippen molar-refractivity contribution in [2.45, 2.75) is 59.4 Å². The van der Waals surface area contributed by atoms with E-state index in [9.17, 15) is 4.79 Å². The molecule has 2 rings (SSSR count). The van der Waals surface area contributed by atoms with Crippen molar-refractivity contribution in [1.82, 2.24) is 4.90 Å². The molecule has 1 aromatic rings. The van der Waals surface area contributed by atoms with Crippen LogP contribution in [0.1, 0.15) is 163 Å². The molecule has 1 amide bonds. The van der Waals surface area contributed by atoms with Crippen LogP contribution in [0.4, 0.5) is 0 Å². The van der Waals surface area contributed by atoms with Gasteiger partial charge in [0.05, 0.1) is 5.41 Å². The highest BCUT2D eigenvalue weighted by molar-refractivity contribution is 5.93. The SMILES string of the molecule is CCN(C(=O)[C@]1(c2ccc(C)c(C)c2)C(C)[C@@H]1CN)C(C)(C)C.[HH].[HH].[HH].[HH].[HH].[HH].[HH].[HH].[HH].[HH].[HH].[HH].[HH].[HH].[HH].[HH].[HH].[HH].[HH].[HH].[HH].[HH].[HH].[HH].[HH].[HH].[HH].[HH].[HH].[HH].[HH].[HH].[HH].[HH].[HH].[HH].[HH].[HH].[HH].[HH].[HH].[HH].[HH].[HH].[HH].[HH].[HH].[HH].[HH].[HH].[HH].[HH].[HH].[HH].[HH].[HH].[HH].[HH].[HH].[HH].[HH].[HH].[HH].[HH].[HH].[HH].[HH].[HH].[HH].[HH].[HH].[HH].[HH].[HH].[HH].[HH].[HH].[HH]. The molecule has 23 heavy (non-hydrogen) atoms. The van der Waals surface area contributed by atoms with Crippen LogP contribution in [0.5, 0.6) is 0 Å². The third kappa shape index (κ3) is 2.69. The first-order chi connectivity index (χ1) is 10.6. The van der Waals surface area contributed by atoms with Crippen molar-refractivity contribution in [2.24, 2.45) is 17.6 Å². The first kappa shape index (κ1) is 18.0. The summed E-state index contributed by atoms with van der Waals surface area (Å²) >= 11 is 0. The van der Waals surface area contributed by atoms with Crippen LogP contribution in [-0.2, 0) is 10.2 Å². The Labute approximate surface area is 257 Å². The van der Waals surface area contributed by atoms with Gasteiger partial charge >= 0.3 is 0 Å². The van der Waals surface area contributed by atoms with Crippen LogP contribution < -0.4 is 5.73 Å². The topological polar surface area (TPSA) is 46.3 Å². The van der Waals surface area contributed by atoms with Gasteiger partial charge in [0, 0.05) is 123 Å². The fraction of sp³-hybridized carbons (Fsp3) is 0.650. The van der Waals surface area contributed by atoms with Crippen LogP contribution in [0.25, 0.3) is 0 Å². The largest absolute Gasteiger partial charge is 0.337 e. The number of carbonyl (C=O) groups is 1. The number of carbonyl (C=O) groups excluding carboxylic acids is 1. The summed E-state index contributed by atoms with van der Waals surface area (Å²) in [6.07, 6.45) is 0. The van der Waals surface area contributed by atoms with E-state index in [1.54, 1.807) is 0 Å². The number of likely N-dealkylation sites (N-methyl/N-ethyl adjacent to an activating group) is 1. The standard InChI is InChI=1S/C20H32N2O.78H2/c1-8-22(19(5,6)7)18(23)20(15(4)17(20)12-21)16-10-9-13(2)14(3)11-16;;;;;;;;;;;;;;;;;;;;;;;;;;;;;;;;;;;;;;;;;;;;;;;;;;;;;;;;;;;;;;;;;;;;;;;;;;;;;;/h9-11,15,17H,8,12,21H2,1-7H3;78*1H/t15?,17-,20-;;;;;;;;;;;;;;;;;;;;;;;;;;;;;;;;;;;;;;;;;;;;;;;;;;;;;;;;;;;;;;;;;;;;;;;;;;;;;;/m0............................................................................../s1. The summed E-state index contributed by atoms with van der Waals surface area (Å²) in [5.41, 5.74) is 9.03. The van der Waals surface area contributed by atoms with E-state index in [1.165, 1.54) is 11.1 Å². The lowest BCUT2D eigenvalue weighted by Crippen LogP contribution is -2.51. The highest BCUT2D eigenvalue weighted by Crippen LogP contribution is 2.60. The molecule has 3 nitrogen and oxygen atoms in total. The van der Waals surface area contributed by atoms with Crippen molar-refractivity contribution >= 4 is 5.91 Å². The molecule has 0 bridgehead atoms. The van der Waals surface area contributed by atoms with Crippen molar-refractivity contribution in [1.29, 1.82) is 0 Å². The highest BCUT2D eigenvalue weighted by atomic mass is 16.2. The maximum absolute atomic E-state index is 13.6. The molecule has 0 spiro atoms. The average Bonchev–Trinajstić information content (AvgIpc) is 3.06. The number of benzene rings is 1. The van der Waals surface area contributed by atoms with E-state index in [2.05, 4.69) is 66.7 Å². The molecule has 3 atom stereocenters. The van der Waals surface area contributed by atoms with Crippen molar-refractivity contribution in [3.05, 3.63) is 34.9 Å². The minimum Gasteiger partial charge on any atom is -0.337 e. The normalized spacial score (nSPS) is 27.0. The monoisotopic (exact) mass is 473 g/mol. The van der Waals surface area contributed by atoms with Gasteiger partial charge in [-0.1, -0.05) is 25.1 Å². The minimum atomic E-state index is -0.448. The van der Waals surface area contributed by atoms with Gasteiger partial charge in [-0.2, -0.15) is 0 Å². The Morgan fingerprint density at radius 2 is 1.91 bits per heavy atom. The number of hydrogen-bond donors (Lipinski definition) is 1. The molecule has 284 valence electrons. The van der Waals surface area contributed by atoms with Crippen LogP contribution in [0.2, 0.25) is 0 Å². The van der Waals surface area contributed by atoms with E-state index in [1.807, 2.05) is 4.90 Å². The second-order valence-corrected chi connectivity index (χ2v) is 8.02. The van der Waals surface area contributed by atoms with Gasteiger partial charge < -0.3 is 10.6 Å². The lowest BCUT2D eigenvalue weighted by Gasteiger charge is -2.38. The van der Waals surface area contributed by atoms with Gasteiger partial charge in [-0.15, -0.1) is 0 Å². The summed E-state index contributed by atoms with van der Waals surface area (Å²) in [5, 5.41) is 0. The quantitative estimate of drug-likeness (QED) is 0.472. The summed E-state index contributed by atoms with van der Waals surface area (Å²) in [4.78, 5) is 15.6. The van der Waals surface area contributed by atoms with E-state index in [0.29, 0.717) is 12.5 Å². The molecule has 0 radical (unpaired) electrons. The van der Waals surface area contributed by atoms with Gasteiger partial charge in [-0.25, -0.2) is 0 Å². The molecule has 3 heteroatoms. The summed E-state index contributed by atoms with van der Waals surface area (Å²) in [6, 6.07) is 6.45. The lowest BCUT2D eigenvalue weighted by atomic mass is 9.86. The van der Waals surface area contributed by atoms with E-state index < -0.39 is 5.41 Å². The summed E-state index contributed by atoms with van der Waals surface area (Å²) in [5.74, 6) is 0.755. The maximum atomic E-state index is 13.6. The molecule has 1 fully saturated rings. The predicted molar refractivity (Wildman–Crippen MR) is 261 cm³/mol. The van der Waals surface area contributed by atoms with Gasteiger partial charge in [0.1, 0.15) is 0 Å². The number of aryl methyl sites for hydroxylation is 2. The van der Waals surface area contributed by atoms with Crippen molar-refractivity contribution in [3.8, 4) is 0 Å². The van der Waals surface area contributed by atoms with E-state index in [0.717, 1.165) is 12.1 Å². The average molecular weight is 474 g/mol. The molecule has 1 saturated carbocycles. The number of nitrogens with zero attached hydrogens (tertiary/aromatic N) is 1. The van der Waals surface area contributed by atoms with Gasteiger partial charge in [-0.05, 0) is 76.6 Å². The molecule has 1 unspecified atom stereocenters. The van der Waals surface area contributed by atoms with Crippen LogP contribution in [-0.4, -0.2) is 29.4 Å². The molecule has 0 aliphatic heterocycles. The fourth-order valence-corrected chi connectivity index (χ4v) is 4.14. The van der Waals surface area contributed by atoms with Crippen LogP contribution in [0.3, 0.4) is 0 Å². The minimum absolute atomic E-state index is 0. The van der Waals surface area contributed by atoms with Gasteiger partial charge in [0.2, 0.25) is 5.91 Å². The smallest absolute Gasteiger partial charge is 0.234 e. The number of nitrogens with two attached hydrogens (primary N) is 1. The van der Waals surface area contributed by atoms with Crippen LogP contribution >= 0.6 is 0 Å². The molecule has 1 aliphatic carbocycles. The Balaban J connectivity index is -0.000000000985. The van der Waals surface area contributed by atoms with E-state index in [4.69, 9.17) is 5.73 Å². The second kappa shape index (κ2) is 5.94. The summed E-state index contributed by atoms with van der Waals surface area (Å²) in [7, 11) is 0. The molecular formula is C20H188N2O. The Morgan fingerprint density at radius 3 is 2.30 bits per heavy atom. The molecule has 1 aliphatic rings. The van der Waals surface area contributed by atoms with Crippen molar-refractivity contribution in [3.63, 3.8) is 0 Å². The lowest BCUT2D eigenvalue weighted by molar-refractivity contribution is -0.139. The summed E-state index contributed by atoms with van der Waals surface area (Å²) in [6.45, 7) is 16.0. The van der Waals surface area contributed by atoms with Gasteiger partial charge in [0.15, 0.2) is 0 Å². The fourth-order valence-electron chi connectivity index (χ4n) is 4.14. The van der Waals surface area contributed by atoms with Gasteiger partial charge in [-0.3, -0.25) is 4.79 Å².